The van der Waals surface area contributed by atoms with Gasteiger partial charge in [0.2, 0.25) is 11.8 Å². The first-order valence-corrected chi connectivity index (χ1v) is 13.0. The lowest BCUT2D eigenvalue weighted by Gasteiger charge is -2.42. The first-order valence-electron chi connectivity index (χ1n) is 13.0. The Morgan fingerprint density at radius 1 is 1.16 bits per heavy atom. The van der Waals surface area contributed by atoms with Gasteiger partial charge in [0.05, 0.1) is 12.1 Å². The topological polar surface area (TPSA) is 107 Å². The first kappa shape index (κ1) is 25.2. The number of guanidine groups is 1. The number of fused-ring (bicyclic) bond motifs is 1. The van der Waals surface area contributed by atoms with Gasteiger partial charge in [0.15, 0.2) is 5.96 Å². The highest BCUT2D eigenvalue weighted by Crippen LogP contribution is 2.65. The summed E-state index contributed by atoms with van der Waals surface area (Å²) < 4.78 is 6.15. The first-order chi connectivity index (χ1) is 17.3. The molecule has 0 bridgehead atoms. The highest BCUT2D eigenvalue weighted by molar-refractivity contribution is 6.00. The summed E-state index contributed by atoms with van der Waals surface area (Å²) in [6.45, 7) is 12.0. The Hall–Kier alpha value is -3.42. The van der Waals surface area contributed by atoms with Gasteiger partial charge in [-0.3, -0.25) is 24.9 Å². The van der Waals surface area contributed by atoms with Gasteiger partial charge < -0.3 is 15.4 Å². The molecule has 37 heavy (non-hydrogen) atoms. The van der Waals surface area contributed by atoms with E-state index in [1.807, 2.05) is 64.1 Å². The van der Waals surface area contributed by atoms with Crippen molar-refractivity contribution in [3.05, 3.63) is 59.9 Å². The van der Waals surface area contributed by atoms with Crippen LogP contribution in [-0.4, -0.2) is 38.8 Å². The second-order valence-electron chi connectivity index (χ2n) is 12.5. The van der Waals surface area contributed by atoms with Crippen molar-refractivity contribution in [2.75, 3.05) is 0 Å². The molecule has 1 unspecified atom stereocenters. The van der Waals surface area contributed by atoms with Crippen LogP contribution in [0.4, 0.5) is 0 Å². The Morgan fingerprint density at radius 3 is 2.57 bits per heavy atom. The Morgan fingerprint density at radius 2 is 1.89 bits per heavy atom. The highest BCUT2D eigenvalue weighted by Gasteiger charge is 2.67. The van der Waals surface area contributed by atoms with Gasteiger partial charge in [-0.1, -0.05) is 38.1 Å². The molecule has 196 valence electrons. The predicted molar refractivity (Wildman–Crippen MR) is 141 cm³/mol. The van der Waals surface area contributed by atoms with Crippen molar-refractivity contribution < 1.29 is 14.3 Å². The standard InChI is InChI=1S/C29H37N5O3/c1-27(2)15-21(35)34(26(30)33-27)24(17-10-9-13-31-16-17)22-23(29(22,5)6)25(36)32-19-14-28(3,4)37-20-12-8-7-11-18(19)20/h7-13,16,19,22-24H,14-15H2,1-6H3,(H2,30,33)(H,32,36)/t19-,22+,23+,24?/m0/s1. The van der Waals surface area contributed by atoms with Crippen molar-refractivity contribution in [1.82, 2.24) is 20.5 Å². The van der Waals surface area contributed by atoms with Gasteiger partial charge in [-0.2, -0.15) is 0 Å². The second-order valence-corrected chi connectivity index (χ2v) is 12.5. The summed E-state index contributed by atoms with van der Waals surface area (Å²) in [6, 6.07) is 11.0. The number of amides is 2. The van der Waals surface area contributed by atoms with E-state index in [4.69, 9.17) is 10.1 Å². The number of hydrogen-bond donors (Lipinski definition) is 3. The molecule has 5 rings (SSSR count). The monoisotopic (exact) mass is 503 g/mol. The third-order valence-corrected chi connectivity index (χ3v) is 8.09. The van der Waals surface area contributed by atoms with Crippen molar-refractivity contribution in [2.24, 2.45) is 17.3 Å². The maximum atomic E-state index is 13.9. The molecule has 3 heterocycles. The van der Waals surface area contributed by atoms with E-state index in [0.29, 0.717) is 6.42 Å². The average molecular weight is 504 g/mol. The number of nitrogens with one attached hydrogen (secondary N) is 3. The van der Waals surface area contributed by atoms with Gasteiger partial charge in [-0.05, 0) is 50.8 Å². The number of benzene rings is 1. The largest absolute Gasteiger partial charge is 0.487 e. The lowest BCUT2D eigenvalue weighted by atomic mass is 9.89. The van der Waals surface area contributed by atoms with E-state index in [9.17, 15) is 9.59 Å². The predicted octanol–water partition coefficient (Wildman–Crippen LogP) is 4.35. The fourth-order valence-electron chi connectivity index (χ4n) is 6.34. The zero-order valence-electron chi connectivity index (χ0n) is 22.5. The molecule has 0 radical (unpaired) electrons. The van der Waals surface area contributed by atoms with Crippen molar-refractivity contribution in [3.63, 3.8) is 0 Å². The molecule has 1 aromatic carbocycles. The summed E-state index contributed by atoms with van der Waals surface area (Å²) in [5, 5.41) is 15.2. The van der Waals surface area contributed by atoms with E-state index in [1.54, 1.807) is 12.4 Å². The van der Waals surface area contributed by atoms with Crippen LogP contribution in [0.2, 0.25) is 0 Å². The Balaban J connectivity index is 1.45. The number of carbonyl (C=O) groups excluding carboxylic acids is 2. The molecule has 3 N–H and O–H groups in total. The lowest BCUT2D eigenvalue weighted by molar-refractivity contribution is -0.133. The highest BCUT2D eigenvalue weighted by atomic mass is 16.5. The number of carbonyl (C=O) groups is 2. The van der Waals surface area contributed by atoms with E-state index >= 15 is 0 Å². The average Bonchev–Trinajstić information content (AvgIpc) is 3.36. The number of para-hydroxylation sites is 1. The lowest BCUT2D eigenvalue weighted by Crippen LogP contribution is -2.61. The summed E-state index contributed by atoms with van der Waals surface area (Å²) in [7, 11) is 0. The van der Waals surface area contributed by atoms with Crippen LogP contribution < -0.4 is 15.4 Å². The van der Waals surface area contributed by atoms with Crippen LogP contribution >= 0.6 is 0 Å². The number of hydrogen-bond acceptors (Lipinski definition) is 5. The fourth-order valence-corrected chi connectivity index (χ4v) is 6.34. The number of nitrogens with zero attached hydrogens (tertiary/aromatic N) is 2. The van der Waals surface area contributed by atoms with Crippen LogP contribution in [0.25, 0.3) is 0 Å². The number of rotatable bonds is 5. The summed E-state index contributed by atoms with van der Waals surface area (Å²) in [4.78, 5) is 33.1. The second kappa shape index (κ2) is 8.57. The molecule has 2 aromatic rings. The van der Waals surface area contributed by atoms with Crippen LogP contribution in [0, 0.1) is 22.7 Å². The van der Waals surface area contributed by atoms with Gasteiger partial charge in [-0.25, -0.2) is 0 Å². The van der Waals surface area contributed by atoms with E-state index in [1.165, 1.54) is 4.90 Å². The van der Waals surface area contributed by atoms with Gasteiger partial charge in [0.1, 0.15) is 11.4 Å². The molecule has 4 atom stereocenters. The molecule has 2 fully saturated rings. The summed E-state index contributed by atoms with van der Waals surface area (Å²) >= 11 is 0. The van der Waals surface area contributed by atoms with Gasteiger partial charge in [-0.15, -0.1) is 0 Å². The molecular formula is C29H37N5O3. The van der Waals surface area contributed by atoms with Crippen LogP contribution in [0.1, 0.15) is 77.6 Å². The minimum Gasteiger partial charge on any atom is -0.487 e. The molecule has 0 spiro atoms. The van der Waals surface area contributed by atoms with Crippen LogP contribution in [-0.2, 0) is 9.59 Å². The molecule has 8 nitrogen and oxygen atoms in total. The molecule has 8 heteroatoms. The van der Waals surface area contributed by atoms with Gasteiger partial charge in [0.25, 0.3) is 0 Å². The van der Waals surface area contributed by atoms with Gasteiger partial charge >= 0.3 is 0 Å². The zero-order chi connectivity index (χ0) is 26.8. The van der Waals surface area contributed by atoms with E-state index < -0.39 is 17.2 Å². The minimum absolute atomic E-state index is 0.0364. The van der Waals surface area contributed by atoms with Gasteiger partial charge in [0, 0.05) is 48.2 Å². The third kappa shape index (κ3) is 4.58. The Labute approximate surface area is 218 Å². The maximum Gasteiger partial charge on any atom is 0.232 e. The molecular weight excluding hydrogens is 466 g/mol. The number of pyridine rings is 1. The summed E-state index contributed by atoms with van der Waals surface area (Å²) in [5.41, 5.74) is 0.527. The maximum absolute atomic E-state index is 13.9. The van der Waals surface area contributed by atoms with E-state index in [-0.39, 0.29) is 47.5 Å². The normalized spacial score (nSPS) is 27.8. The molecule has 1 aliphatic carbocycles. The summed E-state index contributed by atoms with van der Waals surface area (Å²) in [5.74, 6) is 0.204. The Bertz CT molecular complexity index is 1220. The SMILES string of the molecule is CC1(C)CC(=O)N(C(c2cccnc2)[C@H]2[C@H](C(=O)N[C@H]3CC(C)(C)Oc4ccccc43)C2(C)C)C(=N)N1. The Kier molecular flexibility index (Phi) is 5.84. The number of ether oxygens (including phenoxy) is 1. The molecule has 1 saturated carbocycles. The smallest absolute Gasteiger partial charge is 0.232 e. The summed E-state index contributed by atoms with van der Waals surface area (Å²) in [6.07, 6.45) is 4.36. The van der Waals surface area contributed by atoms with Crippen LogP contribution in [0.5, 0.6) is 5.75 Å². The van der Waals surface area contributed by atoms with Crippen molar-refractivity contribution in [1.29, 1.82) is 5.41 Å². The minimum atomic E-state index is -0.497. The molecule has 2 aliphatic heterocycles. The van der Waals surface area contributed by atoms with Crippen molar-refractivity contribution in [2.45, 2.75) is 77.6 Å². The number of aromatic nitrogens is 1. The zero-order valence-corrected chi connectivity index (χ0v) is 22.5. The van der Waals surface area contributed by atoms with E-state index in [2.05, 4.69) is 29.5 Å². The van der Waals surface area contributed by atoms with Crippen LogP contribution in [0.15, 0.2) is 48.8 Å². The van der Waals surface area contributed by atoms with E-state index in [0.717, 1.165) is 16.9 Å². The molecule has 2 amide bonds. The molecule has 1 aromatic heterocycles. The van der Waals surface area contributed by atoms with Crippen molar-refractivity contribution >= 4 is 17.8 Å². The van der Waals surface area contributed by atoms with Crippen LogP contribution in [0.3, 0.4) is 0 Å². The molecule has 1 saturated heterocycles. The molecule has 3 aliphatic rings. The fraction of sp³-hybridized carbons (Fsp3) is 0.517. The third-order valence-electron chi connectivity index (χ3n) is 8.09. The van der Waals surface area contributed by atoms with Crippen molar-refractivity contribution in [3.8, 4) is 5.75 Å². The quantitative estimate of drug-likeness (QED) is 0.562.